The average Bonchev–Trinajstić information content (AvgIpc) is 2.56. The molecule has 2 aromatic carbocycles. The molecule has 0 saturated carbocycles. The fourth-order valence-electron chi connectivity index (χ4n) is 2.57. The van der Waals surface area contributed by atoms with Crippen LogP contribution in [0.5, 0.6) is 11.5 Å². The molecule has 1 aliphatic heterocycles. The Morgan fingerprint density at radius 1 is 1.13 bits per heavy atom. The van der Waals surface area contributed by atoms with Crippen LogP contribution in [0.3, 0.4) is 0 Å². The monoisotopic (exact) mass is 311 g/mol. The van der Waals surface area contributed by atoms with E-state index >= 15 is 0 Å². The Labute approximate surface area is 136 Å². The quantitative estimate of drug-likeness (QED) is 0.946. The van der Waals surface area contributed by atoms with Crippen molar-refractivity contribution in [2.75, 3.05) is 6.61 Å². The summed E-state index contributed by atoms with van der Waals surface area (Å²) in [4.78, 5) is 12.4. The molecule has 1 aliphatic rings. The molecule has 2 aromatic rings. The number of hydrogen-bond donors (Lipinski definition) is 1. The molecule has 0 radical (unpaired) electrons. The summed E-state index contributed by atoms with van der Waals surface area (Å²) in [5, 5.41) is 3.00. The van der Waals surface area contributed by atoms with Crippen molar-refractivity contribution >= 4 is 5.91 Å². The highest BCUT2D eigenvalue weighted by Gasteiger charge is 2.28. The van der Waals surface area contributed by atoms with Crippen LogP contribution < -0.4 is 14.8 Å². The van der Waals surface area contributed by atoms with E-state index in [1.807, 2.05) is 37.3 Å². The fourth-order valence-corrected chi connectivity index (χ4v) is 2.57. The lowest BCUT2D eigenvalue weighted by Gasteiger charge is -2.27. The fraction of sp³-hybridized carbons (Fsp3) is 0.316. The van der Waals surface area contributed by atoms with Crippen LogP contribution in [0.4, 0.5) is 0 Å². The summed E-state index contributed by atoms with van der Waals surface area (Å²) in [6.45, 7) is 6.34. The predicted molar refractivity (Wildman–Crippen MR) is 88.8 cm³/mol. The van der Waals surface area contributed by atoms with E-state index in [9.17, 15) is 4.79 Å². The number of amides is 1. The first-order valence-electron chi connectivity index (χ1n) is 7.80. The minimum Gasteiger partial charge on any atom is -0.485 e. The second-order valence-corrected chi connectivity index (χ2v) is 5.94. The molecule has 1 heterocycles. The SMILES string of the molecule is Cc1ccc(C(C)NC(=O)C2COc3ccccc3O2)cc1C. The summed E-state index contributed by atoms with van der Waals surface area (Å²) in [6.07, 6.45) is -0.626. The molecule has 0 bridgehead atoms. The van der Waals surface area contributed by atoms with Crippen molar-refractivity contribution in [1.29, 1.82) is 0 Å². The van der Waals surface area contributed by atoms with Crippen LogP contribution in [-0.2, 0) is 4.79 Å². The first kappa shape index (κ1) is 15.4. The lowest BCUT2D eigenvalue weighted by molar-refractivity contribution is -0.131. The van der Waals surface area contributed by atoms with E-state index in [-0.39, 0.29) is 18.6 Å². The van der Waals surface area contributed by atoms with E-state index in [2.05, 4.69) is 31.3 Å². The van der Waals surface area contributed by atoms with Crippen LogP contribution in [0, 0.1) is 13.8 Å². The molecule has 0 spiro atoms. The summed E-state index contributed by atoms with van der Waals surface area (Å²) in [5.41, 5.74) is 3.54. The number of benzene rings is 2. The van der Waals surface area contributed by atoms with Crippen molar-refractivity contribution in [2.45, 2.75) is 32.9 Å². The molecule has 4 nitrogen and oxygen atoms in total. The Morgan fingerprint density at radius 2 is 1.87 bits per heavy atom. The molecule has 23 heavy (non-hydrogen) atoms. The van der Waals surface area contributed by atoms with E-state index in [0.717, 1.165) is 5.56 Å². The minimum absolute atomic E-state index is 0.0810. The topological polar surface area (TPSA) is 47.6 Å². The molecule has 2 unspecified atom stereocenters. The predicted octanol–water partition coefficient (Wildman–Crippen LogP) is 3.32. The van der Waals surface area contributed by atoms with Crippen molar-refractivity contribution in [3.8, 4) is 11.5 Å². The molecular formula is C19H21NO3. The van der Waals surface area contributed by atoms with Crippen LogP contribution in [0.25, 0.3) is 0 Å². The highest BCUT2D eigenvalue weighted by molar-refractivity contribution is 5.82. The maximum Gasteiger partial charge on any atom is 0.265 e. The molecule has 3 rings (SSSR count). The van der Waals surface area contributed by atoms with Gasteiger partial charge in [-0.05, 0) is 49.6 Å². The van der Waals surface area contributed by atoms with Gasteiger partial charge >= 0.3 is 0 Å². The number of rotatable bonds is 3. The molecule has 0 saturated heterocycles. The van der Waals surface area contributed by atoms with E-state index in [1.165, 1.54) is 11.1 Å². The van der Waals surface area contributed by atoms with E-state index in [0.29, 0.717) is 11.5 Å². The van der Waals surface area contributed by atoms with Gasteiger partial charge in [-0.1, -0.05) is 30.3 Å². The van der Waals surface area contributed by atoms with Crippen LogP contribution in [-0.4, -0.2) is 18.6 Å². The Kier molecular flexibility index (Phi) is 4.24. The third-order valence-electron chi connectivity index (χ3n) is 4.19. The number of fused-ring (bicyclic) bond motifs is 1. The molecule has 0 aromatic heterocycles. The largest absolute Gasteiger partial charge is 0.485 e. The first-order chi connectivity index (χ1) is 11.0. The first-order valence-corrected chi connectivity index (χ1v) is 7.80. The molecule has 4 heteroatoms. The second-order valence-electron chi connectivity index (χ2n) is 5.94. The van der Waals surface area contributed by atoms with Crippen molar-refractivity contribution in [3.05, 3.63) is 59.2 Å². The van der Waals surface area contributed by atoms with Crippen molar-refractivity contribution < 1.29 is 14.3 Å². The summed E-state index contributed by atoms with van der Waals surface area (Å²) in [5.74, 6) is 1.13. The van der Waals surface area contributed by atoms with Gasteiger partial charge in [0.15, 0.2) is 11.5 Å². The zero-order chi connectivity index (χ0) is 16.4. The zero-order valence-electron chi connectivity index (χ0n) is 13.6. The van der Waals surface area contributed by atoms with Gasteiger partial charge in [-0.3, -0.25) is 4.79 Å². The number of aryl methyl sites for hydroxylation is 2. The van der Waals surface area contributed by atoms with E-state index < -0.39 is 6.10 Å². The number of para-hydroxylation sites is 2. The van der Waals surface area contributed by atoms with Crippen LogP contribution >= 0.6 is 0 Å². The number of ether oxygens (including phenoxy) is 2. The molecule has 0 aliphatic carbocycles. The lowest BCUT2D eigenvalue weighted by Crippen LogP contribution is -2.44. The summed E-state index contributed by atoms with van der Waals surface area (Å²) >= 11 is 0. The Balaban J connectivity index is 1.66. The highest BCUT2D eigenvalue weighted by atomic mass is 16.6. The third-order valence-corrected chi connectivity index (χ3v) is 4.19. The van der Waals surface area contributed by atoms with Crippen LogP contribution in [0.1, 0.15) is 29.7 Å². The molecule has 0 fully saturated rings. The second kappa shape index (κ2) is 6.32. The van der Waals surface area contributed by atoms with Crippen molar-refractivity contribution in [3.63, 3.8) is 0 Å². The van der Waals surface area contributed by atoms with Crippen LogP contribution in [0.15, 0.2) is 42.5 Å². The average molecular weight is 311 g/mol. The summed E-state index contributed by atoms with van der Waals surface area (Å²) < 4.78 is 11.3. The lowest BCUT2D eigenvalue weighted by atomic mass is 10.0. The number of carbonyl (C=O) groups excluding carboxylic acids is 1. The van der Waals surface area contributed by atoms with Crippen LogP contribution in [0.2, 0.25) is 0 Å². The summed E-state index contributed by atoms with van der Waals surface area (Å²) in [7, 11) is 0. The van der Waals surface area contributed by atoms with Gasteiger partial charge in [0.25, 0.3) is 5.91 Å². The summed E-state index contributed by atoms with van der Waals surface area (Å²) in [6, 6.07) is 13.5. The standard InChI is InChI=1S/C19H21NO3/c1-12-8-9-15(10-13(12)2)14(3)20-19(21)18-11-22-16-6-4-5-7-17(16)23-18/h4-10,14,18H,11H2,1-3H3,(H,20,21). The number of nitrogens with one attached hydrogen (secondary N) is 1. The zero-order valence-corrected chi connectivity index (χ0v) is 13.6. The molecule has 1 N–H and O–H groups in total. The normalized spacial score (nSPS) is 17.4. The van der Waals surface area contributed by atoms with Gasteiger partial charge in [0.05, 0.1) is 6.04 Å². The van der Waals surface area contributed by atoms with Gasteiger partial charge in [-0.15, -0.1) is 0 Å². The Morgan fingerprint density at radius 3 is 2.61 bits per heavy atom. The molecule has 2 atom stereocenters. The van der Waals surface area contributed by atoms with Gasteiger partial charge in [0.1, 0.15) is 6.61 Å². The van der Waals surface area contributed by atoms with Gasteiger partial charge in [-0.25, -0.2) is 0 Å². The van der Waals surface area contributed by atoms with Crippen molar-refractivity contribution in [2.24, 2.45) is 0 Å². The van der Waals surface area contributed by atoms with Gasteiger partial charge in [0, 0.05) is 0 Å². The molecule has 1 amide bonds. The highest BCUT2D eigenvalue weighted by Crippen LogP contribution is 2.31. The van der Waals surface area contributed by atoms with E-state index in [1.54, 1.807) is 0 Å². The van der Waals surface area contributed by atoms with Gasteiger partial charge < -0.3 is 14.8 Å². The maximum atomic E-state index is 12.4. The number of carbonyl (C=O) groups is 1. The van der Waals surface area contributed by atoms with Crippen molar-refractivity contribution in [1.82, 2.24) is 5.32 Å². The number of hydrogen-bond acceptors (Lipinski definition) is 3. The van der Waals surface area contributed by atoms with Gasteiger partial charge in [-0.2, -0.15) is 0 Å². The Hall–Kier alpha value is -2.49. The van der Waals surface area contributed by atoms with Gasteiger partial charge in [0.2, 0.25) is 6.10 Å². The maximum absolute atomic E-state index is 12.4. The third kappa shape index (κ3) is 3.31. The Bertz CT molecular complexity index is 726. The smallest absolute Gasteiger partial charge is 0.265 e. The van der Waals surface area contributed by atoms with E-state index in [4.69, 9.17) is 9.47 Å². The molecule has 120 valence electrons. The minimum atomic E-state index is -0.626. The molecular weight excluding hydrogens is 290 g/mol.